The molecule has 17 heavy (non-hydrogen) atoms. The molecule has 88 valence electrons. The molecule has 0 saturated carbocycles. The Labute approximate surface area is 101 Å². The number of rotatable bonds is 3. The van der Waals surface area contributed by atoms with Crippen LogP contribution < -0.4 is 10.1 Å². The maximum atomic E-state index is 13.4. The average molecular weight is 252 g/mol. The van der Waals surface area contributed by atoms with Crippen LogP contribution in [0.1, 0.15) is 10.5 Å². The maximum Gasteiger partial charge on any atom is 0.275 e. The molecule has 0 spiro atoms. The van der Waals surface area contributed by atoms with Gasteiger partial charge in [-0.3, -0.25) is 4.79 Å². The normalized spacial score (nSPS) is 10.0. The van der Waals surface area contributed by atoms with Gasteiger partial charge in [0.1, 0.15) is 17.3 Å². The monoisotopic (exact) mass is 252 g/mol. The van der Waals surface area contributed by atoms with Gasteiger partial charge in [0.15, 0.2) is 0 Å². The third-order valence-corrected chi connectivity index (χ3v) is 2.67. The van der Waals surface area contributed by atoms with E-state index in [9.17, 15) is 9.18 Å². The summed E-state index contributed by atoms with van der Waals surface area (Å²) in [4.78, 5) is 15.5. The van der Waals surface area contributed by atoms with Crippen LogP contribution in [-0.2, 0) is 0 Å². The van der Waals surface area contributed by atoms with Crippen molar-refractivity contribution in [1.29, 1.82) is 0 Å². The highest BCUT2D eigenvalue weighted by molar-refractivity contribution is 7.07. The van der Waals surface area contributed by atoms with Gasteiger partial charge in [-0.05, 0) is 12.1 Å². The van der Waals surface area contributed by atoms with Crippen molar-refractivity contribution in [2.45, 2.75) is 0 Å². The Bertz CT molecular complexity index is 528. The van der Waals surface area contributed by atoms with Crippen molar-refractivity contribution in [2.24, 2.45) is 0 Å². The van der Waals surface area contributed by atoms with E-state index in [0.717, 1.165) is 0 Å². The van der Waals surface area contributed by atoms with E-state index >= 15 is 0 Å². The number of nitrogens with zero attached hydrogens (tertiary/aromatic N) is 1. The highest BCUT2D eigenvalue weighted by Crippen LogP contribution is 2.21. The summed E-state index contributed by atoms with van der Waals surface area (Å²) in [5.74, 6) is -0.493. The van der Waals surface area contributed by atoms with Gasteiger partial charge in [-0.2, -0.15) is 0 Å². The zero-order chi connectivity index (χ0) is 12.3. The first kappa shape index (κ1) is 11.5. The highest BCUT2D eigenvalue weighted by atomic mass is 32.1. The minimum absolute atomic E-state index is 0.0716. The minimum Gasteiger partial charge on any atom is -0.497 e. The lowest BCUT2D eigenvalue weighted by Gasteiger charge is -2.06. The Kier molecular flexibility index (Phi) is 3.34. The number of halogens is 1. The summed E-state index contributed by atoms with van der Waals surface area (Å²) < 4.78 is 18.4. The van der Waals surface area contributed by atoms with Crippen molar-refractivity contribution in [2.75, 3.05) is 12.4 Å². The first-order valence-electron chi connectivity index (χ1n) is 4.74. The van der Waals surface area contributed by atoms with E-state index in [1.54, 1.807) is 5.38 Å². The standard InChI is InChI=1S/C11H9FN2O2S/c1-16-7-2-3-8(12)9(4-7)14-11(15)10-5-17-6-13-10/h2-6H,1H3,(H,14,15). The lowest BCUT2D eigenvalue weighted by Crippen LogP contribution is -2.13. The summed E-state index contributed by atoms with van der Waals surface area (Å²) in [5.41, 5.74) is 1.87. The third kappa shape index (κ3) is 2.59. The molecule has 1 N–H and O–H groups in total. The molecule has 0 atom stereocenters. The van der Waals surface area contributed by atoms with Gasteiger partial charge in [0, 0.05) is 11.4 Å². The molecule has 2 aromatic rings. The van der Waals surface area contributed by atoms with Gasteiger partial charge in [-0.25, -0.2) is 9.37 Å². The Hall–Kier alpha value is -1.95. The predicted octanol–water partition coefficient (Wildman–Crippen LogP) is 2.54. The molecule has 1 aromatic carbocycles. The molecular formula is C11H9FN2O2S. The number of anilines is 1. The Morgan fingerprint density at radius 2 is 2.35 bits per heavy atom. The molecule has 1 heterocycles. The fraction of sp³-hybridized carbons (Fsp3) is 0.0909. The summed E-state index contributed by atoms with van der Waals surface area (Å²) in [6.07, 6.45) is 0. The SMILES string of the molecule is COc1ccc(F)c(NC(=O)c2cscn2)c1. The predicted molar refractivity (Wildman–Crippen MR) is 63.0 cm³/mol. The van der Waals surface area contributed by atoms with Gasteiger partial charge >= 0.3 is 0 Å². The van der Waals surface area contributed by atoms with E-state index in [0.29, 0.717) is 5.75 Å². The second kappa shape index (κ2) is 4.92. The van der Waals surface area contributed by atoms with E-state index in [1.807, 2.05) is 0 Å². The van der Waals surface area contributed by atoms with Gasteiger partial charge in [-0.15, -0.1) is 11.3 Å². The van der Waals surface area contributed by atoms with Crippen LogP contribution in [-0.4, -0.2) is 18.0 Å². The molecule has 6 heteroatoms. The fourth-order valence-electron chi connectivity index (χ4n) is 1.24. The van der Waals surface area contributed by atoms with Gasteiger partial charge in [0.25, 0.3) is 5.91 Å². The molecule has 0 fully saturated rings. The summed E-state index contributed by atoms with van der Waals surface area (Å²) in [6, 6.07) is 4.13. The number of ether oxygens (including phenoxy) is 1. The van der Waals surface area contributed by atoms with Crippen molar-refractivity contribution in [3.05, 3.63) is 40.6 Å². The second-order valence-corrected chi connectivity index (χ2v) is 3.89. The van der Waals surface area contributed by atoms with E-state index in [-0.39, 0.29) is 11.4 Å². The largest absolute Gasteiger partial charge is 0.497 e. The van der Waals surface area contributed by atoms with Crippen LogP contribution in [0.3, 0.4) is 0 Å². The molecule has 4 nitrogen and oxygen atoms in total. The fourth-order valence-corrected chi connectivity index (χ4v) is 1.77. The lowest BCUT2D eigenvalue weighted by atomic mass is 10.2. The number of hydrogen-bond acceptors (Lipinski definition) is 4. The zero-order valence-electron chi connectivity index (χ0n) is 8.94. The van der Waals surface area contributed by atoms with E-state index in [1.165, 1.54) is 42.2 Å². The topological polar surface area (TPSA) is 51.2 Å². The van der Waals surface area contributed by atoms with Crippen LogP contribution in [0.25, 0.3) is 0 Å². The first-order valence-corrected chi connectivity index (χ1v) is 5.68. The van der Waals surface area contributed by atoms with Crippen molar-refractivity contribution in [1.82, 2.24) is 4.98 Å². The average Bonchev–Trinajstić information content (AvgIpc) is 2.85. The smallest absolute Gasteiger partial charge is 0.275 e. The van der Waals surface area contributed by atoms with Gasteiger partial charge < -0.3 is 10.1 Å². The van der Waals surface area contributed by atoms with Crippen LogP contribution in [0.15, 0.2) is 29.1 Å². The van der Waals surface area contributed by atoms with Gasteiger partial charge in [0.2, 0.25) is 0 Å². The summed E-state index contributed by atoms with van der Waals surface area (Å²) in [7, 11) is 1.47. The molecule has 0 radical (unpaired) electrons. The Morgan fingerprint density at radius 3 is 3.00 bits per heavy atom. The second-order valence-electron chi connectivity index (χ2n) is 3.17. The van der Waals surface area contributed by atoms with E-state index in [2.05, 4.69) is 10.3 Å². The molecule has 0 saturated heterocycles. The third-order valence-electron chi connectivity index (χ3n) is 2.09. The molecule has 0 unspecified atom stereocenters. The van der Waals surface area contributed by atoms with Gasteiger partial charge in [0.05, 0.1) is 18.3 Å². The summed E-state index contributed by atoms with van der Waals surface area (Å²) in [6.45, 7) is 0. The first-order chi connectivity index (χ1) is 8.20. The molecule has 0 aliphatic heterocycles. The van der Waals surface area contributed by atoms with Crippen LogP contribution in [0.2, 0.25) is 0 Å². The van der Waals surface area contributed by atoms with Crippen molar-refractivity contribution in [3.63, 3.8) is 0 Å². The number of aromatic nitrogens is 1. The molecule has 0 aliphatic rings. The summed E-state index contributed by atoms with van der Waals surface area (Å²) >= 11 is 1.30. The molecule has 0 bridgehead atoms. The van der Waals surface area contributed by atoms with Gasteiger partial charge in [-0.1, -0.05) is 0 Å². The maximum absolute atomic E-state index is 13.4. The van der Waals surface area contributed by atoms with E-state index < -0.39 is 11.7 Å². The number of amides is 1. The number of carbonyl (C=O) groups excluding carboxylic acids is 1. The van der Waals surface area contributed by atoms with Crippen molar-refractivity contribution >= 4 is 22.9 Å². The quantitative estimate of drug-likeness (QED) is 0.913. The number of hydrogen-bond donors (Lipinski definition) is 1. The van der Waals surface area contributed by atoms with E-state index in [4.69, 9.17) is 4.74 Å². The molecular weight excluding hydrogens is 243 g/mol. The van der Waals surface area contributed by atoms with Crippen LogP contribution in [0, 0.1) is 5.82 Å². The number of carbonyl (C=O) groups is 1. The number of nitrogens with one attached hydrogen (secondary N) is 1. The Balaban J connectivity index is 2.21. The summed E-state index contributed by atoms with van der Waals surface area (Å²) in [5, 5.41) is 4.03. The number of thiazole rings is 1. The van der Waals surface area contributed by atoms with Crippen LogP contribution in [0.4, 0.5) is 10.1 Å². The number of methoxy groups -OCH3 is 1. The van der Waals surface area contributed by atoms with Crippen LogP contribution in [0.5, 0.6) is 5.75 Å². The molecule has 1 amide bonds. The molecule has 0 aliphatic carbocycles. The zero-order valence-corrected chi connectivity index (χ0v) is 9.75. The van der Waals surface area contributed by atoms with Crippen LogP contribution >= 0.6 is 11.3 Å². The molecule has 1 aromatic heterocycles. The lowest BCUT2D eigenvalue weighted by molar-refractivity contribution is 0.102. The molecule has 2 rings (SSSR count). The Morgan fingerprint density at radius 1 is 1.53 bits per heavy atom. The van der Waals surface area contributed by atoms with Crippen molar-refractivity contribution < 1.29 is 13.9 Å². The van der Waals surface area contributed by atoms with Crippen molar-refractivity contribution in [3.8, 4) is 5.75 Å². The number of benzene rings is 1. The minimum atomic E-state index is -0.519. The highest BCUT2D eigenvalue weighted by Gasteiger charge is 2.11.